The van der Waals surface area contributed by atoms with E-state index < -0.39 is 0 Å². The lowest BCUT2D eigenvalue weighted by Crippen LogP contribution is -2.14. The van der Waals surface area contributed by atoms with Crippen molar-refractivity contribution in [1.29, 1.82) is 0 Å². The summed E-state index contributed by atoms with van der Waals surface area (Å²) in [6, 6.07) is 0. The van der Waals surface area contributed by atoms with Crippen LogP contribution in [0.4, 0.5) is 0 Å². The zero-order valence-corrected chi connectivity index (χ0v) is 9.80. The molecule has 13 heavy (non-hydrogen) atoms. The van der Waals surface area contributed by atoms with Crippen molar-refractivity contribution in [3.05, 3.63) is 24.3 Å². The summed E-state index contributed by atoms with van der Waals surface area (Å²) >= 11 is 0. The lowest BCUT2D eigenvalue weighted by Gasteiger charge is -2.23. The van der Waals surface area contributed by atoms with E-state index in [2.05, 4.69) is 47.3 Å². The fourth-order valence-corrected chi connectivity index (χ4v) is 1.62. The zero-order chi connectivity index (χ0) is 10.4. The fraction of sp³-hybridized carbons (Fsp3) is 0.692. The molecule has 0 fully saturated rings. The Morgan fingerprint density at radius 1 is 1.23 bits per heavy atom. The standard InChI is InChI=1S/C13H24/c1-7-8-11(4)9-12(5)13(6)10(2)3/h7-8,10,12-13H,1,9H2,2-6H3. The Kier molecular flexibility index (Phi) is 5.77. The van der Waals surface area contributed by atoms with Gasteiger partial charge in [0.25, 0.3) is 0 Å². The predicted octanol–water partition coefficient (Wildman–Crippen LogP) is 4.44. The Hall–Kier alpha value is -0.520. The Morgan fingerprint density at radius 2 is 1.77 bits per heavy atom. The van der Waals surface area contributed by atoms with Gasteiger partial charge in [-0.25, -0.2) is 0 Å². The average molecular weight is 180 g/mol. The molecule has 2 atom stereocenters. The first-order chi connectivity index (χ1) is 5.99. The van der Waals surface area contributed by atoms with Crippen molar-refractivity contribution in [3.8, 4) is 0 Å². The van der Waals surface area contributed by atoms with Crippen LogP contribution in [0.3, 0.4) is 0 Å². The summed E-state index contributed by atoms with van der Waals surface area (Å²) in [7, 11) is 0. The molecule has 0 aromatic heterocycles. The minimum Gasteiger partial charge on any atom is -0.0991 e. The van der Waals surface area contributed by atoms with E-state index in [0.29, 0.717) is 0 Å². The van der Waals surface area contributed by atoms with Crippen LogP contribution in [-0.4, -0.2) is 0 Å². The van der Waals surface area contributed by atoms with Crippen LogP contribution in [-0.2, 0) is 0 Å². The molecule has 0 saturated carbocycles. The second-order valence-corrected chi connectivity index (χ2v) is 4.53. The van der Waals surface area contributed by atoms with Gasteiger partial charge in [-0.15, -0.1) is 0 Å². The maximum absolute atomic E-state index is 3.71. The second kappa shape index (κ2) is 6.01. The van der Waals surface area contributed by atoms with Crippen molar-refractivity contribution >= 4 is 0 Å². The van der Waals surface area contributed by atoms with Crippen LogP contribution in [0.25, 0.3) is 0 Å². The quantitative estimate of drug-likeness (QED) is 0.549. The highest BCUT2D eigenvalue weighted by Gasteiger charge is 2.15. The molecular formula is C13H24. The zero-order valence-electron chi connectivity index (χ0n) is 9.80. The largest absolute Gasteiger partial charge is 0.0991 e. The van der Waals surface area contributed by atoms with Crippen LogP contribution in [0.2, 0.25) is 0 Å². The van der Waals surface area contributed by atoms with Crippen molar-refractivity contribution in [2.45, 2.75) is 41.0 Å². The molecule has 0 aliphatic heterocycles. The summed E-state index contributed by atoms with van der Waals surface area (Å²) in [4.78, 5) is 0. The van der Waals surface area contributed by atoms with E-state index in [9.17, 15) is 0 Å². The molecule has 0 nitrogen and oxygen atoms in total. The van der Waals surface area contributed by atoms with Crippen molar-refractivity contribution in [3.63, 3.8) is 0 Å². The first-order valence-electron chi connectivity index (χ1n) is 5.27. The molecule has 0 radical (unpaired) electrons. The van der Waals surface area contributed by atoms with Crippen LogP contribution < -0.4 is 0 Å². The third-order valence-corrected chi connectivity index (χ3v) is 3.00. The molecule has 0 rings (SSSR count). The highest BCUT2D eigenvalue weighted by molar-refractivity contribution is 5.08. The van der Waals surface area contributed by atoms with Gasteiger partial charge >= 0.3 is 0 Å². The highest BCUT2D eigenvalue weighted by atomic mass is 14.2. The van der Waals surface area contributed by atoms with Gasteiger partial charge in [-0.2, -0.15) is 0 Å². The predicted molar refractivity (Wildman–Crippen MR) is 61.7 cm³/mol. The topological polar surface area (TPSA) is 0 Å². The van der Waals surface area contributed by atoms with Crippen LogP contribution in [0.1, 0.15) is 41.0 Å². The van der Waals surface area contributed by atoms with Gasteiger partial charge in [-0.1, -0.05) is 52.0 Å². The van der Waals surface area contributed by atoms with Gasteiger partial charge in [0.05, 0.1) is 0 Å². The first kappa shape index (κ1) is 12.5. The van der Waals surface area contributed by atoms with Crippen LogP contribution in [0.5, 0.6) is 0 Å². The number of hydrogen-bond acceptors (Lipinski definition) is 0. The monoisotopic (exact) mass is 180 g/mol. The van der Waals surface area contributed by atoms with Crippen molar-refractivity contribution < 1.29 is 0 Å². The number of hydrogen-bond donors (Lipinski definition) is 0. The summed E-state index contributed by atoms with van der Waals surface area (Å²) < 4.78 is 0. The normalized spacial score (nSPS) is 17.2. The molecule has 0 N–H and O–H groups in total. The maximum atomic E-state index is 3.71. The third kappa shape index (κ3) is 4.92. The SMILES string of the molecule is C=CC=C(C)CC(C)C(C)C(C)C. The Balaban J connectivity index is 4.06. The smallest absolute Gasteiger partial charge is 0.0291 e. The van der Waals surface area contributed by atoms with Crippen molar-refractivity contribution in [2.24, 2.45) is 17.8 Å². The van der Waals surface area contributed by atoms with Crippen LogP contribution in [0.15, 0.2) is 24.3 Å². The molecular weight excluding hydrogens is 156 g/mol. The molecule has 0 amide bonds. The second-order valence-electron chi connectivity index (χ2n) is 4.53. The van der Waals surface area contributed by atoms with Gasteiger partial charge in [0, 0.05) is 0 Å². The van der Waals surface area contributed by atoms with Crippen molar-refractivity contribution in [2.75, 3.05) is 0 Å². The number of allylic oxidation sites excluding steroid dienone is 3. The Bertz CT molecular complexity index is 174. The Morgan fingerprint density at radius 3 is 2.15 bits per heavy atom. The van der Waals surface area contributed by atoms with E-state index in [1.165, 1.54) is 12.0 Å². The van der Waals surface area contributed by atoms with Crippen LogP contribution >= 0.6 is 0 Å². The molecule has 0 saturated heterocycles. The van der Waals surface area contributed by atoms with E-state index in [0.717, 1.165) is 17.8 Å². The third-order valence-electron chi connectivity index (χ3n) is 3.00. The Labute approximate surface area is 83.7 Å². The van der Waals surface area contributed by atoms with Gasteiger partial charge in [-0.3, -0.25) is 0 Å². The lowest BCUT2D eigenvalue weighted by molar-refractivity contribution is 0.294. The van der Waals surface area contributed by atoms with Gasteiger partial charge in [0.1, 0.15) is 0 Å². The molecule has 0 heteroatoms. The first-order valence-corrected chi connectivity index (χ1v) is 5.27. The lowest BCUT2D eigenvalue weighted by atomic mass is 9.82. The molecule has 0 aromatic rings. The van der Waals surface area contributed by atoms with Gasteiger partial charge in [-0.05, 0) is 31.1 Å². The summed E-state index contributed by atoms with van der Waals surface area (Å²) in [5.41, 5.74) is 1.44. The van der Waals surface area contributed by atoms with E-state index in [1.54, 1.807) is 0 Å². The highest BCUT2D eigenvalue weighted by Crippen LogP contribution is 2.25. The summed E-state index contributed by atoms with van der Waals surface area (Å²) in [6.07, 6.45) is 5.19. The minimum absolute atomic E-state index is 0.774. The molecule has 76 valence electrons. The van der Waals surface area contributed by atoms with E-state index in [1.807, 2.05) is 6.08 Å². The maximum Gasteiger partial charge on any atom is -0.0291 e. The summed E-state index contributed by atoms with van der Waals surface area (Å²) in [5, 5.41) is 0. The molecule has 0 aromatic carbocycles. The molecule has 0 spiro atoms. The van der Waals surface area contributed by atoms with E-state index in [-0.39, 0.29) is 0 Å². The summed E-state index contributed by atoms with van der Waals surface area (Å²) in [6.45, 7) is 15.2. The fourth-order valence-electron chi connectivity index (χ4n) is 1.62. The molecule has 0 aliphatic rings. The molecule has 0 bridgehead atoms. The van der Waals surface area contributed by atoms with Gasteiger partial charge in [0.15, 0.2) is 0 Å². The molecule has 0 heterocycles. The van der Waals surface area contributed by atoms with Crippen molar-refractivity contribution in [1.82, 2.24) is 0 Å². The van der Waals surface area contributed by atoms with E-state index >= 15 is 0 Å². The van der Waals surface area contributed by atoms with Gasteiger partial charge < -0.3 is 0 Å². The van der Waals surface area contributed by atoms with Gasteiger partial charge in [0.2, 0.25) is 0 Å². The molecule has 2 unspecified atom stereocenters. The molecule has 0 aliphatic carbocycles. The minimum atomic E-state index is 0.774. The average Bonchev–Trinajstić information content (AvgIpc) is 2.03. The number of rotatable bonds is 5. The summed E-state index contributed by atoms with van der Waals surface area (Å²) in [5.74, 6) is 2.36. The van der Waals surface area contributed by atoms with E-state index in [4.69, 9.17) is 0 Å². The van der Waals surface area contributed by atoms with Crippen LogP contribution in [0, 0.1) is 17.8 Å².